The molecule has 3 rings (SSSR count). The van der Waals surface area contributed by atoms with Gasteiger partial charge in [-0.15, -0.1) is 0 Å². The first-order chi connectivity index (χ1) is 12.1. The molecule has 0 unspecified atom stereocenters. The molecule has 6 nitrogen and oxygen atoms in total. The summed E-state index contributed by atoms with van der Waals surface area (Å²) < 4.78 is 11.6. The van der Waals surface area contributed by atoms with Crippen molar-refractivity contribution in [3.63, 3.8) is 0 Å². The van der Waals surface area contributed by atoms with E-state index >= 15 is 0 Å². The highest BCUT2D eigenvalue weighted by Gasteiger charge is 2.51. The van der Waals surface area contributed by atoms with Gasteiger partial charge in [0.25, 0.3) is 5.24 Å². The molecule has 3 fully saturated rings. The molecule has 0 spiro atoms. The maximum Gasteiger partial charge on any atom is 0.306 e. The Morgan fingerprint density at radius 3 is 2.76 bits per heavy atom. The average Bonchev–Trinajstić information content (AvgIpc) is 2.99. The highest BCUT2D eigenvalue weighted by Crippen LogP contribution is 2.39. The normalized spacial score (nSPS) is 38.5. The van der Waals surface area contributed by atoms with Gasteiger partial charge in [-0.05, 0) is 37.2 Å². The van der Waals surface area contributed by atoms with Gasteiger partial charge in [0.05, 0.1) is 12.1 Å². The number of carbonyl (C=O) groups is 2. The second kappa shape index (κ2) is 8.97. The Kier molecular flexibility index (Phi) is 6.93. The fraction of sp³-hybridized carbons (Fsp3) is 0.882. The summed E-state index contributed by atoms with van der Waals surface area (Å²) in [4.78, 5) is 24.1. The number of ether oxygens (including phenoxy) is 2. The van der Waals surface area contributed by atoms with Crippen molar-refractivity contribution in [2.75, 3.05) is 17.3 Å². The molecule has 4 atom stereocenters. The molecule has 1 amide bonds. The molecule has 0 saturated carbocycles. The minimum absolute atomic E-state index is 0.0937. The SMILES string of the molecule is O=C1CCCCCSCCC[C@@H]2C[C@]([C@@H]3CSC(=O)N3)(C[C@H](O)O2)O1. The summed E-state index contributed by atoms with van der Waals surface area (Å²) >= 11 is 3.15. The van der Waals surface area contributed by atoms with Crippen LogP contribution in [0.3, 0.4) is 0 Å². The Labute approximate surface area is 157 Å². The van der Waals surface area contributed by atoms with Gasteiger partial charge in [-0.3, -0.25) is 9.59 Å². The molecule has 0 aromatic heterocycles. The summed E-state index contributed by atoms with van der Waals surface area (Å²) in [6.45, 7) is 0. The first-order valence-electron chi connectivity index (χ1n) is 9.14. The first kappa shape index (κ1) is 19.3. The molecule has 2 N–H and O–H groups in total. The average molecular weight is 390 g/mol. The van der Waals surface area contributed by atoms with Crippen LogP contribution in [0.4, 0.5) is 4.79 Å². The van der Waals surface area contributed by atoms with Gasteiger partial charge in [0.2, 0.25) is 0 Å². The molecule has 8 heteroatoms. The van der Waals surface area contributed by atoms with Crippen LogP contribution >= 0.6 is 23.5 Å². The van der Waals surface area contributed by atoms with Crippen molar-refractivity contribution in [2.45, 2.75) is 75.4 Å². The third kappa shape index (κ3) is 5.28. The predicted molar refractivity (Wildman–Crippen MR) is 98.7 cm³/mol. The van der Waals surface area contributed by atoms with E-state index in [1.165, 1.54) is 11.8 Å². The van der Waals surface area contributed by atoms with E-state index in [4.69, 9.17) is 9.47 Å². The van der Waals surface area contributed by atoms with E-state index in [-0.39, 0.29) is 29.8 Å². The third-order valence-corrected chi connectivity index (χ3v) is 7.09. The van der Waals surface area contributed by atoms with Crippen molar-refractivity contribution >= 4 is 34.7 Å². The van der Waals surface area contributed by atoms with Crippen LogP contribution in [0.25, 0.3) is 0 Å². The molecule has 25 heavy (non-hydrogen) atoms. The molecule has 0 radical (unpaired) electrons. The molecule has 3 saturated heterocycles. The number of esters is 1. The zero-order valence-electron chi connectivity index (χ0n) is 14.4. The van der Waals surface area contributed by atoms with Gasteiger partial charge in [0.1, 0.15) is 5.60 Å². The number of carbonyl (C=O) groups excluding carboxylic acids is 2. The second-order valence-electron chi connectivity index (χ2n) is 7.02. The maximum atomic E-state index is 12.4. The van der Waals surface area contributed by atoms with Crippen LogP contribution in [0.5, 0.6) is 0 Å². The smallest absolute Gasteiger partial charge is 0.306 e. The van der Waals surface area contributed by atoms with E-state index in [2.05, 4.69) is 5.32 Å². The fourth-order valence-electron chi connectivity index (χ4n) is 3.80. The van der Waals surface area contributed by atoms with Crippen LogP contribution in [0.2, 0.25) is 0 Å². The highest BCUT2D eigenvalue weighted by molar-refractivity contribution is 8.14. The minimum atomic E-state index is -0.963. The lowest BCUT2D eigenvalue weighted by Crippen LogP contribution is -2.59. The van der Waals surface area contributed by atoms with Crippen molar-refractivity contribution < 1.29 is 24.2 Å². The Balaban J connectivity index is 1.77. The molecule has 3 heterocycles. The van der Waals surface area contributed by atoms with Gasteiger partial charge in [-0.25, -0.2) is 0 Å². The van der Waals surface area contributed by atoms with E-state index in [1.54, 1.807) is 0 Å². The van der Waals surface area contributed by atoms with Crippen molar-refractivity contribution in [3.8, 4) is 0 Å². The highest BCUT2D eigenvalue weighted by atomic mass is 32.2. The summed E-state index contributed by atoms with van der Waals surface area (Å²) in [5.41, 5.74) is -0.865. The Hall–Kier alpha value is -0.440. The number of hydrogen-bond acceptors (Lipinski definition) is 7. The zero-order valence-corrected chi connectivity index (χ0v) is 16.0. The van der Waals surface area contributed by atoms with Crippen LogP contribution in [0, 0.1) is 0 Å². The summed E-state index contributed by atoms with van der Waals surface area (Å²) in [5, 5.41) is 13.1. The second-order valence-corrected chi connectivity index (χ2v) is 9.24. The number of rotatable bonds is 1. The van der Waals surface area contributed by atoms with E-state index in [9.17, 15) is 14.7 Å². The molecule has 3 aliphatic heterocycles. The summed E-state index contributed by atoms with van der Waals surface area (Å²) in [7, 11) is 0. The summed E-state index contributed by atoms with van der Waals surface area (Å²) in [6.07, 6.45) is 4.84. The van der Waals surface area contributed by atoms with Gasteiger partial charge in [-0.2, -0.15) is 11.8 Å². The Bertz CT molecular complexity index is 492. The fourth-order valence-corrected chi connectivity index (χ4v) is 5.72. The van der Waals surface area contributed by atoms with E-state index in [1.807, 2.05) is 11.8 Å². The molecule has 2 bridgehead atoms. The lowest BCUT2D eigenvalue weighted by Gasteiger charge is -2.45. The molecule has 142 valence electrons. The summed E-state index contributed by atoms with van der Waals surface area (Å²) in [5.74, 6) is 2.53. The monoisotopic (exact) mass is 389 g/mol. The number of fused-ring (bicyclic) bond motifs is 2. The van der Waals surface area contributed by atoms with Gasteiger partial charge < -0.3 is 19.9 Å². The molecule has 3 aliphatic rings. The minimum Gasteiger partial charge on any atom is -0.457 e. The number of hydrogen-bond donors (Lipinski definition) is 2. The third-order valence-electron chi connectivity index (χ3n) is 5.05. The van der Waals surface area contributed by atoms with Crippen LogP contribution < -0.4 is 5.32 Å². The van der Waals surface area contributed by atoms with Crippen LogP contribution in [0.1, 0.15) is 51.4 Å². The van der Waals surface area contributed by atoms with Crippen molar-refractivity contribution in [2.24, 2.45) is 0 Å². The lowest BCUT2D eigenvalue weighted by atomic mass is 9.82. The first-order valence-corrected chi connectivity index (χ1v) is 11.3. The van der Waals surface area contributed by atoms with Gasteiger partial charge >= 0.3 is 5.97 Å². The van der Waals surface area contributed by atoms with Crippen molar-refractivity contribution in [1.82, 2.24) is 5.32 Å². The van der Waals surface area contributed by atoms with Crippen LogP contribution in [0.15, 0.2) is 0 Å². The molecule has 0 aliphatic carbocycles. The van der Waals surface area contributed by atoms with Crippen molar-refractivity contribution in [3.05, 3.63) is 0 Å². The van der Waals surface area contributed by atoms with E-state index < -0.39 is 11.9 Å². The quantitative estimate of drug-likeness (QED) is 0.667. The molecular weight excluding hydrogens is 362 g/mol. The van der Waals surface area contributed by atoms with Gasteiger partial charge in [0.15, 0.2) is 6.29 Å². The molecular formula is C17H27NO5S2. The predicted octanol–water partition coefficient (Wildman–Crippen LogP) is 2.68. The standard InChI is InChI=1S/C17H27NO5S2/c19-14-6-2-1-3-7-24-8-4-5-12-9-17(23-14,10-15(20)22-12)13-11-25-16(21)18-13/h12-13,15,20H,1-11H2,(H,18,21)/t12-,13+,15-,17-/m1/s1. The van der Waals surface area contributed by atoms with Crippen LogP contribution in [-0.2, 0) is 14.3 Å². The Morgan fingerprint density at radius 1 is 1.12 bits per heavy atom. The number of nitrogens with one attached hydrogen (secondary N) is 1. The number of amides is 1. The summed E-state index contributed by atoms with van der Waals surface area (Å²) in [6, 6.07) is -0.266. The van der Waals surface area contributed by atoms with E-state index in [0.29, 0.717) is 18.6 Å². The maximum absolute atomic E-state index is 12.4. The molecule has 0 aromatic rings. The zero-order chi connectivity index (χ0) is 17.7. The van der Waals surface area contributed by atoms with Crippen LogP contribution in [-0.4, -0.2) is 57.6 Å². The largest absolute Gasteiger partial charge is 0.457 e. The van der Waals surface area contributed by atoms with Gasteiger partial charge in [0, 0.05) is 25.0 Å². The number of aliphatic hydroxyl groups is 1. The van der Waals surface area contributed by atoms with E-state index in [0.717, 1.165) is 43.6 Å². The van der Waals surface area contributed by atoms with Crippen molar-refractivity contribution in [1.29, 1.82) is 0 Å². The number of thioether (sulfide) groups is 2. The number of aliphatic hydroxyl groups excluding tert-OH is 1. The Morgan fingerprint density at radius 2 is 1.96 bits per heavy atom. The topological polar surface area (TPSA) is 84.9 Å². The van der Waals surface area contributed by atoms with Gasteiger partial charge in [-0.1, -0.05) is 18.2 Å². The lowest BCUT2D eigenvalue weighted by molar-refractivity contribution is -0.235. The molecule has 0 aromatic carbocycles.